The largest absolute Gasteiger partial charge is 0.493 e. The Kier molecular flexibility index (Phi) is 3.85. The van der Waals surface area contributed by atoms with Gasteiger partial charge < -0.3 is 15.2 Å². The predicted octanol–water partition coefficient (Wildman–Crippen LogP) is 3.25. The van der Waals surface area contributed by atoms with Crippen molar-refractivity contribution in [3.8, 4) is 17.2 Å². The van der Waals surface area contributed by atoms with Gasteiger partial charge in [0.1, 0.15) is 5.75 Å². The Bertz CT molecular complexity index is 538. The molecule has 0 bridgehead atoms. The molecule has 2 rings (SSSR count). The molecule has 0 unspecified atom stereocenters. The van der Waals surface area contributed by atoms with E-state index in [2.05, 4.69) is 0 Å². The molecular formula is C15H17NO2. The lowest BCUT2D eigenvalue weighted by Gasteiger charge is -2.12. The number of ether oxygens (including phenoxy) is 2. The summed E-state index contributed by atoms with van der Waals surface area (Å²) in [6.07, 6.45) is 0. The molecule has 3 heteroatoms. The molecule has 0 radical (unpaired) electrons. The smallest absolute Gasteiger partial charge is 0.169 e. The lowest BCUT2D eigenvalue weighted by atomic mass is 10.1. The van der Waals surface area contributed by atoms with E-state index in [1.165, 1.54) is 0 Å². The lowest BCUT2D eigenvalue weighted by molar-refractivity contribution is 0.378. The van der Waals surface area contributed by atoms with Gasteiger partial charge >= 0.3 is 0 Å². The highest BCUT2D eigenvalue weighted by atomic mass is 16.5. The summed E-state index contributed by atoms with van der Waals surface area (Å²) in [6.45, 7) is 2.51. The van der Waals surface area contributed by atoms with E-state index < -0.39 is 0 Å². The van der Waals surface area contributed by atoms with Gasteiger partial charge in [-0.25, -0.2) is 0 Å². The van der Waals surface area contributed by atoms with E-state index in [0.717, 1.165) is 22.6 Å². The predicted molar refractivity (Wildman–Crippen MR) is 72.1 cm³/mol. The number of aryl methyl sites for hydroxylation is 1. The zero-order valence-corrected chi connectivity index (χ0v) is 10.6. The van der Waals surface area contributed by atoms with Crippen LogP contribution >= 0.6 is 0 Å². The lowest BCUT2D eigenvalue weighted by Crippen LogP contribution is -1.98. The topological polar surface area (TPSA) is 44.5 Å². The van der Waals surface area contributed by atoms with Gasteiger partial charge in [0.25, 0.3) is 0 Å². The molecule has 3 nitrogen and oxygen atoms in total. The first-order valence-corrected chi connectivity index (χ1v) is 5.85. The number of hydrogen-bond acceptors (Lipinski definition) is 3. The zero-order chi connectivity index (χ0) is 13.0. The molecule has 0 atom stereocenters. The van der Waals surface area contributed by atoms with Gasteiger partial charge in [0.15, 0.2) is 11.5 Å². The molecule has 0 heterocycles. The maximum absolute atomic E-state index is 5.89. The molecule has 0 fully saturated rings. The van der Waals surface area contributed by atoms with Crippen molar-refractivity contribution in [2.45, 2.75) is 13.5 Å². The van der Waals surface area contributed by atoms with Crippen LogP contribution in [0, 0.1) is 6.92 Å². The maximum atomic E-state index is 5.89. The van der Waals surface area contributed by atoms with Crippen LogP contribution in [0.1, 0.15) is 11.1 Å². The molecule has 2 N–H and O–H groups in total. The van der Waals surface area contributed by atoms with E-state index in [-0.39, 0.29) is 0 Å². The Labute approximate surface area is 107 Å². The molecule has 0 aromatic heterocycles. The summed E-state index contributed by atoms with van der Waals surface area (Å²) < 4.78 is 11.2. The molecule has 2 aromatic rings. The number of nitrogens with two attached hydrogens (primary N) is 1. The van der Waals surface area contributed by atoms with E-state index in [0.29, 0.717) is 12.3 Å². The van der Waals surface area contributed by atoms with Crippen LogP contribution in [-0.2, 0) is 6.54 Å². The Morgan fingerprint density at radius 3 is 2.39 bits per heavy atom. The number of hydrogen-bond donors (Lipinski definition) is 1. The SMILES string of the molecule is COc1ccccc1Oc1cc(CN)ccc1C. The van der Waals surface area contributed by atoms with Crippen LogP contribution in [0.15, 0.2) is 42.5 Å². The van der Waals surface area contributed by atoms with E-state index >= 15 is 0 Å². The van der Waals surface area contributed by atoms with E-state index in [4.69, 9.17) is 15.2 Å². The van der Waals surface area contributed by atoms with Gasteiger partial charge in [-0.1, -0.05) is 24.3 Å². The summed E-state index contributed by atoms with van der Waals surface area (Å²) in [5.74, 6) is 2.23. The minimum absolute atomic E-state index is 0.503. The molecule has 0 aliphatic heterocycles. The second-order valence-corrected chi connectivity index (χ2v) is 4.06. The third-order valence-electron chi connectivity index (χ3n) is 2.78. The fourth-order valence-electron chi connectivity index (χ4n) is 1.70. The van der Waals surface area contributed by atoms with Gasteiger partial charge in [0, 0.05) is 6.54 Å². The van der Waals surface area contributed by atoms with Crippen LogP contribution in [0.2, 0.25) is 0 Å². The Morgan fingerprint density at radius 1 is 1.00 bits per heavy atom. The highest BCUT2D eigenvalue weighted by Gasteiger charge is 2.07. The zero-order valence-electron chi connectivity index (χ0n) is 10.6. The van der Waals surface area contributed by atoms with E-state index in [1.54, 1.807) is 7.11 Å². The number of methoxy groups -OCH3 is 1. The molecule has 0 saturated heterocycles. The fourth-order valence-corrected chi connectivity index (χ4v) is 1.70. The summed E-state index contributed by atoms with van der Waals surface area (Å²) in [4.78, 5) is 0. The quantitative estimate of drug-likeness (QED) is 0.896. The minimum atomic E-state index is 0.503. The van der Waals surface area contributed by atoms with Crippen molar-refractivity contribution < 1.29 is 9.47 Å². The average molecular weight is 243 g/mol. The fraction of sp³-hybridized carbons (Fsp3) is 0.200. The van der Waals surface area contributed by atoms with Gasteiger partial charge in [-0.2, -0.15) is 0 Å². The highest BCUT2D eigenvalue weighted by Crippen LogP contribution is 2.32. The summed E-state index contributed by atoms with van der Waals surface area (Å²) in [7, 11) is 1.63. The third kappa shape index (κ3) is 2.63. The molecule has 94 valence electrons. The molecule has 0 aliphatic carbocycles. The highest BCUT2D eigenvalue weighted by molar-refractivity contribution is 5.45. The average Bonchev–Trinajstić information content (AvgIpc) is 2.42. The van der Waals surface area contributed by atoms with E-state index in [1.807, 2.05) is 49.4 Å². The minimum Gasteiger partial charge on any atom is -0.493 e. The van der Waals surface area contributed by atoms with Crippen molar-refractivity contribution in [3.63, 3.8) is 0 Å². The summed E-state index contributed by atoms with van der Waals surface area (Å²) >= 11 is 0. The molecular weight excluding hydrogens is 226 g/mol. The Balaban J connectivity index is 2.33. The molecule has 0 saturated carbocycles. The third-order valence-corrected chi connectivity index (χ3v) is 2.78. The maximum Gasteiger partial charge on any atom is 0.169 e. The van der Waals surface area contributed by atoms with Gasteiger partial charge in [-0.05, 0) is 36.2 Å². The van der Waals surface area contributed by atoms with Crippen molar-refractivity contribution >= 4 is 0 Å². The number of para-hydroxylation sites is 2. The van der Waals surface area contributed by atoms with E-state index in [9.17, 15) is 0 Å². The molecule has 0 aliphatic rings. The first kappa shape index (κ1) is 12.5. The molecule has 18 heavy (non-hydrogen) atoms. The van der Waals surface area contributed by atoms with Gasteiger partial charge in [-0.3, -0.25) is 0 Å². The van der Waals surface area contributed by atoms with Crippen LogP contribution in [0.25, 0.3) is 0 Å². The number of benzene rings is 2. The summed E-state index contributed by atoms with van der Waals surface area (Å²) in [5.41, 5.74) is 7.75. The van der Waals surface area contributed by atoms with Crippen LogP contribution < -0.4 is 15.2 Å². The van der Waals surface area contributed by atoms with Crippen LogP contribution in [0.3, 0.4) is 0 Å². The Morgan fingerprint density at radius 2 is 1.72 bits per heavy atom. The van der Waals surface area contributed by atoms with Crippen molar-refractivity contribution in [1.29, 1.82) is 0 Å². The monoisotopic (exact) mass is 243 g/mol. The molecule has 2 aromatic carbocycles. The van der Waals surface area contributed by atoms with Crippen molar-refractivity contribution in [3.05, 3.63) is 53.6 Å². The molecule has 0 spiro atoms. The van der Waals surface area contributed by atoms with Gasteiger partial charge in [0.2, 0.25) is 0 Å². The van der Waals surface area contributed by atoms with Crippen LogP contribution in [-0.4, -0.2) is 7.11 Å². The number of rotatable bonds is 4. The molecule has 0 amide bonds. The van der Waals surface area contributed by atoms with Crippen LogP contribution in [0.5, 0.6) is 17.2 Å². The first-order chi connectivity index (χ1) is 8.74. The van der Waals surface area contributed by atoms with Crippen molar-refractivity contribution in [2.75, 3.05) is 7.11 Å². The van der Waals surface area contributed by atoms with Gasteiger partial charge in [-0.15, -0.1) is 0 Å². The standard InChI is InChI=1S/C15H17NO2/c1-11-7-8-12(10-16)9-15(11)18-14-6-4-3-5-13(14)17-2/h3-9H,10,16H2,1-2H3. The van der Waals surface area contributed by atoms with Crippen LogP contribution in [0.4, 0.5) is 0 Å². The second kappa shape index (κ2) is 5.56. The normalized spacial score (nSPS) is 10.2. The Hall–Kier alpha value is -2.00. The summed E-state index contributed by atoms with van der Waals surface area (Å²) in [6, 6.07) is 13.6. The van der Waals surface area contributed by atoms with Crippen molar-refractivity contribution in [2.24, 2.45) is 5.73 Å². The first-order valence-electron chi connectivity index (χ1n) is 5.85. The van der Waals surface area contributed by atoms with Gasteiger partial charge in [0.05, 0.1) is 7.11 Å². The summed E-state index contributed by atoms with van der Waals surface area (Å²) in [5, 5.41) is 0. The van der Waals surface area contributed by atoms with Crippen molar-refractivity contribution in [1.82, 2.24) is 0 Å². The second-order valence-electron chi connectivity index (χ2n) is 4.06.